The second-order valence-electron chi connectivity index (χ2n) is 13.7. The summed E-state index contributed by atoms with van der Waals surface area (Å²) in [6, 6.07) is 21.7. The number of benzene rings is 3. The van der Waals surface area contributed by atoms with Crippen LogP contribution in [0.5, 0.6) is 0 Å². The first-order chi connectivity index (χ1) is 24.7. The first kappa shape index (κ1) is 35.2. The molecule has 0 saturated carbocycles. The molecule has 0 atom stereocenters. The lowest BCUT2D eigenvalue weighted by atomic mass is 10.0. The highest BCUT2D eigenvalue weighted by Gasteiger charge is 2.30. The second-order valence-corrected chi connectivity index (χ2v) is 14.7. The van der Waals surface area contributed by atoms with E-state index in [1.54, 1.807) is 11.8 Å². The Bertz CT molecular complexity index is 2000. The van der Waals surface area contributed by atoms with Gasteiger partial charge in [-0.3, -0.25) is 4.79 Å². The molecule has 7 nitrogen and oxygen atoms in total. The van der Waals surface area contributed by atoms with Gasteiger partial charge in [0, 0.05) is 23.4 Å². The van der Waals surface area contributed by atoms with E-state index >= 15 is 0 Å². The first-order valence-electron chi connectivity index (χ1n) is 17.9. The van der Waals surface area contributed by atoms with Gasteiger partial charge >= 0.3 is 6.18 Å². The Morgan fingerprint density at radius 1 is 0.745 bits per heavy atom. The van der Waals surface area contributed by atoms with Gasteiger partial charge in [0.25, 0.3) is 5.56 Å². The van der Waals surface area contributed by atoms with Gasteiger partial charge in [0.2, 0.25) is 0 Å². The van der Waals surface area contributed by atoms with Gasteiger partial charge in [0.15, 0.2) is 11.0 Å². The molecule has 1 fully saturated rings. The molecule has 266 valence electrons. The van der Waals surface area contributed by atoms with Crippen molar-refractivity contribution in [1.82, 2.24) is 29.2 Å². The number of aryl methyl sites for hydroxylation is 2. The van der Waals surface area contributed by atoms with Crippen molar-refractivity contribution in [3.63, 3.8) is 0 Å². The molecule has 3 aromatic carbocycles. The van der Waals surface area contributed by atoms with Crippen LogP contribution in [0.2, 0.25) is 0 Å². The third kappa shape index (κ3) is 8.47. The number of fused-ring (bicyclic) bond motifs is 1. The van der Waals surface area contributed by atoms with Crippen molar-refractivity contribution in [2.24, 2.45) is 0 Å². The molecule has 5 aromatic rings. The van der Waals surface area contributed by atoms with Gasteiger partial charge in [-0.2, -0.15) is 18.2 Å². The van der Waals surface area contributed by atoms with E-state index in [0.717, 1.165) is 103 Å². The van der Waals surface area contributed by atoms with Gasteiger partial charge in [0.05, 0.1) is 18.7 Å². The molecule has 0 bridgehead atoms. The summed E-state index contributed by atoms with van der Waals surface area (Å²) in [4.78, 5) is 20.3. The van der Waals surface area contributed by atoms with Crippen molar-refractivity contribution >= 4 is 11.8 Å². The fourth-order valence-electron chi connectivity index (χ4n) is 7.17. The summed E-state index contributed by atoms with van der Waals surface area (Å²) in [5.74, 6) is 2.44. The van der Waals surface area contributed by atoms with Gasteiger partial charge < -0.3 is 14.0 Å². The van der Waals surface area contributed by atoms with Gasteiger partial charge in [-0.15, -0.1) is 10.2 Å². The Hall–Kier alpha value is -4.22. The van der Waals surface area contributed by atoms with Crippen molar-refractivity contribution in [3.05, 3.63) is 128 Å². The number of likely N-dealkylation sites (tertiary alicyclic amines) is 1. The van der Waals surface area contributed by atoms with Gasteiger partial charge in [0.1, 0.15) is 5.82 Å². The summed E-state index contributed by atoms with van der Waals surface area (Å²) in [5, 5.41) is 10.2. The number of nitrogens with zero attached hydrogens (tertiary/aromatic N) is 6. The highest BCUT2D eigenvalue weighted by Crippen LogP contribution is 2.32. The molecule has 0 radical (unpaired) electrons. The van der Waals surface area contributed by atoms with Gasteiger partial charge in [-0.25, -0.2) is 0 Å². The fourth-order valence-corrected chi connectivity index (χ4v) is 8.14. The summed E-state index contributed by atoms with van der Waals surface area (Å²) in [7, 11) is 0. The fraction of sp³-hybridized carbons (Fsp3) is 0.400. The predicted molar refractivity (Wildman–Crippen MR) is 195 cm³/mol. The molecule has 11 heteroatoms. The van der Waals surface area contributed by atoms with E-state index in [2.05, 4.69) is 50.2 Å². The maximum absolute atomic E-state index is 13.1. The van der Waals surface area contributed by atoms with E-state index in [1.807, 2.05) is 24.3 Å². The zero-order chi connectivity index (χ0) is 35.4. The summed E-state index contributed by atoms with van der Waals surface area (Å²) in [6.07, 6.45) is 3.72. The van der Waals surface area contributed by atoms with E-state index in [-0.39, 0.29) is 5.56 Å². The Morgan fingerprint density at radius 3 is 2.12 bits per heavy atom. The Morgan fingerprint density at radius 2 is 1.41 bits per heavy atom. The molecule has 1 saturated heterocycles. The minimum absolute atomic E-state index is 0.127. The second kappa shape index (κ2) is 15.6. The minimum atomic E-state index is -4.36. The van der Waals surface area contributed by atoms with Crippen LogP contribution < -0.4 is 5.56 Å². The molecule has 2 aromatic heterocycles. The lowest BCUT2D eigenvalue weighted by molar-refractivity contribution is -0.137. The van der Waals surface area contributed by atoms with E-state index < -0.39 is 11.7 Å². The number of halogens is 3. The smallest absolute Gasteiger partial charge is 0.316 e. The van der Waals surface area contributed by atoms with Crippen LogP contribution in [0.1, 0.15) is 77.3 Å². The number of hydrogen-bond donors (Lipinski definition) is 0. The Labute approximate surface area is 301 Å². The maximum atomic E-state index is 13.1. The third-order valence-corrected chi connectivity index (χ3v) is 11.1. The maximum Gasteiger partial charge on any atom is 0.416 e. The van der Waals surface area contributed by atoms with E-state index in [1.165, 1.54) is 42.5 Å². The average molecular weight is 713 g/mol. The van der Waals surface area contributed by atoms with Crippen LogP contribution in [-0.2, 0) is 44.3 Å². The van der Waals surface area contributed by atoms with Crippen molar-refractivity contribution in [2.75, 3.05) is 19.6 Å². The zero-order valence-electron chi connectivity index (χ0n) is 29.0. The highest BCUT2D eigenvalue weighted by molar-refractivity contribution is 7.98. The van der Waals surface area contributed by atoms with E-state index in [4.69, 9.17) is 10.2 Å². The van der Waals surface area contributed by atoms with Gasteiger partial charge in [-0.05, 0) is 99.5 Å². The first-order valence-corrected chi connectivity index (χ1v) is 18.9. The molecule has 1 aliphatic carbocycles. The van der Waals surface area contributed by atoms with Crippen LogP contribution in [0.25, 0.3) is 11.1 Å². The standard InChI is InChI=1S/C40H43F3N6OS/c1-28-10-12-30(13-11-28)27-51-39-44-38(50)34-7-5-8-35(34)48(39)26-37-46-45-36(9-6-24-47-22-3-2-4-23-47)49(37)25-29-14-16-31(17-15-29)32-18-20-33(21-19-32)40(41,42)43/h10-21H,2-9,22-27H2,1H3. The average Bonchev–Trinajstić information content (AvgIpc) is 3.78. The number of hydrogen-bond acceptors (Lipinski definition) is 6. The monoisotopic (exact) mass is 712 g/mol. The summed E-state index contributed by atoms with van der Waals surface area (Å²) >= 11 is 1.58. The Kier molecular flexibility index (Phi) is 10.7. The molecule has 51 heavy (non-hydrogen) atoms. The van der Waals surface area contributed by atoms with Crippen LogP contribution in [0, 0.1) is 6.92 Å². The van der Waals surface area contributed by atoms with Crippen LogP contribution in [0.3, 0.4) is 0 Å². The molecule has 0 unspecified atom stereocenters. The zero-order valence-corrected chi connectivity index (χ0v) is 29.8. The normalized spacial score (nSPS) is 15.0. The largest absolute Gasteiger partial charge is 0.416 e. The number of thioether (sulfide) groups is 1. The van der Waals surface area contributed by atoms with E-state index in [0.29, 0.717) is 24.0 Å². The molecular formula is C40H43F3N6OS. The van der Waals surface area contributed by atoms with E-state index in [9.17, 15) is 18.0 Å². The van der Waals surface area contributed by atoms with Crippen LogP contribution >= 0.6 is 11.8 Å². The summed E-state index contributed by atoms with van der Waals surface area (Å²) < 4.78 is 43.8. The predicted octanol–water partition coefficient (Wildman–Crippen LogP) is 8.13. The SMILES string of the molecule is Cc1ccc(CSc2nc(=O)c3c(n2Cc2nnc(CCCN4CCCCC4)n2Cc2ccc(-c4ccc(C(F)(F)F)cc4)cc2)CCC3)cc1. The number of piperidine rings is 1. The van der Waals surface area contributed by atoms with Crippen molar-refractivity contribution < 1.29 is 13.2 Å². The van der Waals surface area contributed by atoms with Crippen molar-refractivity contribution in [3.8, 4) is 11.1 Å². The highest BCUT2D eigenvalue weighted by atomic mass is 32.2. The molecule has 2 aliphatic rings. The molecule has 0 spiro atoms. The Balaban J connectivity index is 1.16. The van der Waals surface area contributed by atoms with Crippen LogP contribution in [-0.4, -0.2) is 48.8 Å². The number of aromatic nitrogens is 5. The lowest BCUT2D eigenvalue weighted by Gasteiger charge is -2.26. The van der Waals surface area contributed by atoms with Crippen molar-refractivity contribution in [1.29, 1.82) is 0 Å². The lowest BCUT2D eigenvalue weighted by Crippen LogP contribution is -2.30. The molecule has 3 heterocycles. The third-order valence-electron chi connectivity index (χ3n) is 10.1. The minimum Gasteiger partial charge on any atom is -0.316 e. The molecule has 1 aliphatic heterocycles. The van der Waals surface area contributed by atoms with Crippen molar-refractivity contribution in [2.45, 2.75) is 88.5 Å². The van der Waals surface area contributed by atoms with Gasteiger partial charge in [-0.1, -0.05) is 84.4 Å². The van der Waals surface area contributed by atoms with Crippen LogP contribution in [0.15, 0.2) is 82.7 Å². The number of alkyl halides is 3. The molecule has 0 amide bonds. The molecular weight excluding hydrogens is 670 g/mol. The van der Waals surface area contributed by atoms with Crippen LogP contribution in [0.4, 0.5) is 13.2 Å². The summed E-state index contributed by atoms with van der Waals surface area (Å²) in [5.41, 5.74) is 6.07. The molecule has 7 rings (SSSR count). The molecule has 0 N–H and O–H groups in total. The summed E-state index contributed by atoms with van der Waals surface area (Å²) in [6.45, 7) is 6.40. The topological polar surface area (TPSA) is 68.8 Å². The number of rotatable bonds is 12. The quantitative estimate of drug-likeness (QED) is 0.0962.